The minimum Gasteiger partial charge on any atom is -0.393 e. The maximum Gasteiger partial charge on any atom is 0.323 e. The molecule has 1 saturated heterocycles. The summed E-state index contributed by atoms with van der Waals surface area (Å²) < 4.78 is 0. The lowest BCUT2D eigenvalue weighted by Gasteiger charge is -2.40. The fraction of sp³-hybridized carbons (Fsp3) is 0.333. The molecule has 0 saturated carbocycles. The van der Waals surface area contributed by atoms with Gasteiger partial charge in [0.05, 0.1) is 6.10 Å². The number of urea groups is 1. The molecule has 3 rings (SSSR count). The summed E-state index contributed by atoms with van der Waals surface area (Å²) in [5.41, 5.74) is 2.17. The van der Waals surface area contributed by atoms with Crippen molar-refractivity contribution in [2.75, 3.05) is 18.4 Å². The Bertz CT molecular complexity index is 712. The van der Waals surface area contributed by atoms with Crippen LogP contribution in [0.4, 0.5) is 10.6 Å². The maximum absolute atomic E-state index is 12.1. The number of halogens is 1. The minimum absolute atomic E-state index is 0.170. The Kier molecular flexibility index (Phi) is 5.02. The van der Waals surface area contributed by atoms with Crippen molar-refractivity contribution in [3.63, 3.8) is 0 Å². The maximum atomic E-state index is 12.1. The number of aliphatic hydroxyl groups is 1. The molecule has 126 valence electrons. The van der Waals surface area contributed by atoms with Gasteiger partial charge in [-0.15, -0.1) is 0 Å². The summed E-state index contributed by atoms with van der Waals surface area (Å²) in [7, 11) is 0. The molecule has 0 spiro atoms. The van der Waals surface area contributed by atoms with Crippen LogP contribution in [0.15, 0.2) is 42.6 Å². The SMILES string of the molecule is CC(O)C1CN(C(=O)Nc2ccc(Cc3cccc(Cl)c3)cn2)C1. The minimum atomic E-state index is -0.377. The normalized spacial score (nSPS) is 15.7. The van der Waals surface area contributed by atoms with Gasteiger partial charge in [-0.05, 0) is 42.7 Å². The number of rotatable bonds is 4. The van der Waals surface area contributed by atoms with E-state index in [1.807, 2.05) is 30.3 Å². The number of aliphatic hydroxyl groups excluding tert-OH is 1. The molecular weight excluding hydrogens is 326 g/mol. The molecule has 1 fully saturated rings. The average Bonchev–Trinajstić information content (AvgIpc) is 2.47. The molecule has 24 heavy (non-hydrogen) atoms. The number of nitrogens with one attached hydrogen (secondary N) is 1. The summed E-state index contributed by atoms with van der Waals surface area (Å²) >= 11 is 5.99. The van der Waals surface area contributed by atoms with E-state index in [9.17, 15) is 9.90 Å². The second-order valence-corrected chi connectivity index (χ2v) is 6.63. The monoisotopic (exact) mass is 345 g/mol. The molecule has 6 heteroatoms. The van der Waals surface area contributed by atoms with Gasteiger partial charge in [-0.2, -0.15) is 0 Å². The first-order chi connectivity index (χ1) is 11.5. The fourth-order valence-corrected chi connectivity index (χ4v) is 2.87. The molecule has 1 aromatic carbocycles. The predicted octanol–water partition coefficient (Wildman–Crippen LogP) is 3.17. The van der Waals surface area contributed by atoms with Crippen LogP contribution < -0.4 is 5.32 Å². The van der Waals surface area contributed by atoms with Gasteiger partial charge in [-0.1, -0.05) is 29.8 Å². The fourth-order valence-electron chi connectivity index (χ4n) is 2.66. The van der Waals surface area contributed by atoms with Crippen LogP contribution in [0.1, 0.15) is 18.1 Å². The van der Waals surface area contributed by atoms with Crippen molar-refractivity contribution in [1.82, 2.24) is 9.88 Å². The first-order valence-corrected chi connectivity index (χ1v) is 8.32. The molecule has 1 atom stereocenters. The molecule has 0 aliphatic carbocycles. The van der Waals surface area contributed by atoms with Crippen LogP contribution in [0.25, 0.3) is 0 Å². The molecule has 2 amide bonds. The van der Waals surface area contributed by atoms with E-state index in [0.29, 0.717) is 18.9 Å². The summed E-state index contributed by atoms with van der Waals surface area (Å²) in [5, 5.41) is 12.9. The van der Waals surface area contributed by atoms with Gasteiger partial charge in [0.25, 0.3) is 0 Å². The quantitative estimate of drug-likeness (QED) is 0.894. The van der Waals surface area contributed by atoms with Gasteiger partial charge in [-0.25, -0.2) is 9.78 Å². The Morgan fingerprint density at radius 3 is 2.79 bits per heavy atom. The largest absolute Gasteiger partial charge is 0.393 e. The van der Waals surface area contributed by atoms with E-state index in [-0.39, 0.29) is 18.1 Å². The second kappa shape index (κ2) is 7.20. The summed E-state index contributed by atoms with van der Waals surface area (Å²) in [6.45, 7) is 2.91. The van der Waals surface area contributed by atoms with Crippen molar-refractivity contribution in [2.24, 2.45) is 5.92 Å². The zero-order valence-electron chi connectivity index (χ0n) is 13.4. The Hall–Kier alpha value is -2.11. The molecule has 1 unspecified atom stereocenters. The predicted molar refractivity (Wildman–Crippen MR) is 94.3 cm³/mol. The smallest absolute Gasteiger partial charge is 0.323 e. The van der Waals surface area contributed by atoms with Crippen molar-refractivity contribution in [3.05, 3.63) is 58.7 Å². The molecule has 2 aromatic rings. The molecule has 2 heterocycles. The number of likely N-dealkylation sites (tertiary alicyclic amines) is 1. The number of pyridine rings is 1. The second-order valence-electron chi connectivity index (χ2n) is 6.19. The van der Waals surface area contributed by atoms with Gasteiger partial charge in [0, 0.05) is 30.2 Å². The van der Waals surface area contributed by atoms with Crippen LogP contribution in [0, 0.1) is 5.92 Å². The lowest BCUT2D eigenvalue weighted by Crippen LogP contribution is -2.55. The Morgan fingerprint density at radius 2 is 2.17 bits per heavy atom. The van der Waals surface area contributed by atoms with E-state index >= 15 is 0 Å². The molecule has 0 bridgehead atoms. The zero-order chi connectivity index (χ0) is 17.1. The number of hydrogen-bond donors (Lipinski definition) is 2. The number of benzene rings is 1. The van der Waals surface area contributed by atoms with Crippen molar-refractivity contribution in [3.8, 4) is 0 Å². The van der Waals surface area contributed by atoms with Crippen molar-refractivity contribution in [2.45, 2.75) is 19.4 Å². The highest BCUT2D eigenvalue weighted by Crippen LogP contribution is 2.20. The van der Waals surface area contributed by atoms with Crippen LogP contribution in [0.3, 0.4) is 0 Å². The van der Waals surface area contributed by atoms with E-state index in [4.69, 9.17) is 11.6 Å². The first kappa shape index (κ1) is 16.7. The summed E-state index contributed by atoms with van der Waals surface area (Å²) in [4.78, 5) is 18.0. The van der Waals surface area contributed by atoms with E-state index in [1.54, 1.807) is 24.1 Å². The third kappa shape index (κ3) is 4.04. The van der Waals surface area contributed by atoms with Crippen LogP contribution in [0.2, 0.25) is 5.02 Å². The number of anilines is 1. The summed E-state index contributed by atoms with van der Waals surface area (Å²) in [6.07, 6.45) is 2.12. The van der Waals surface area contributed by atoms with Crippen LogP contribution in [-0.4, -0.2) is 40.2 Å². The summed E-state index contributed by atoms with van der Waals surface area (Å²) in [6, 6.07) is 11.3. The highest BCUT2D eigenvalue weighted by molar-refractivity contribution is 6.30. The molecule has 2 N–H and O–H groups in total. The van der Waals surface area contributed by atoms with E-state index in [1.165, 1.54) is 0 Å². The summed E-state index contributed by atoms with van der Waals surface area (Å²) in [5.74, 6) is 0.694. The molecule has 0 radical (unpaired) electrons. The molecular formula is C18H20ClN3O2. The van der Waals surface area contributed by atoms with Crippen LogP contribution >= 0.6 is 11.6 Å². The third-order valence-electron chi connectivity index (χ3n) is 4.24. The first-order valence-electron chi connectivity index (χ1n) is 7.94. The molecule has 1 aliphatic rings. The Balaban J connectivity index is 1.54. The highest BCUT2D eigenvalue weighted by Gasteiger charge is 2.33. The van der Waals surface area contributed by atoms with Gasteiger partial charge in [0.15, 0.2) is 0 Å². The molecule has 1 aliphatic heterocycles. The van der Waals surface area contributed by atoms with Gasteiger partial charge in [-0.3, -0.25) is 5.32 Å². The van der Waals surface area contributed by atoms with Crippen LogP contribution in [0.5, 0.6) is 0 Å². The van der Waals surface area contributed by atoms with Crippen LogP contribution in [-0.2, 0) is 6.42 Å². The lowest BCUT2D eigenvalue weighted by molar-refractivity contribution is 0.0309. The highest BCUT2D eigenvalue weighted by atomic mass is 35.5. The zero-order valence-corrected chi connectivity index (χ0v) is 14.2. The Labute approximate surface area is 146 Å². The number of hydrogen-bond acceptors (Lipinski definition) is 3. The molecule has 1 aromatic heterocycles. The third-order valence-corrected chi connectivity index (χ3v) is 4.47. The number of carbonyl (C=O) groups excluding carboxylic acids is 1. The van der Waals surface area contributed by atoms with Crippen molar-refractivity contribution >= 4 is 23.4 Å². The topological polar surface area (TPSA) is 65.5 Å². The average molecular weight is 346 g/mol. The van der Waals surface area contributed by atoms with E-state index in [0.717, 1.165) is 22.6 Å². The van der Waals surface area contributed by atoms with Gasteiger partial charge in [0.2, 0.25) is 0 Å². The van der Waals surface area contributed by atoms with Gasteiger partial charge in [0.1, 0.15) is 5.82 Å². The number of amides is 2. The van der Waals surface area contributed by atoms with Crippen molar-refractivity contribution in [1.29, 1.82) is 0 Å². The molecule has 5 nitrogen and oxygen atoms in total. The van der Waals surface area contributed by atoms with Gasteiger partial charge >= 0.3 is 6.03 Å². The standard InChI is InChI=1S/C18H20ClN3O2/c1-12(23)15-10-22(11-15)18(24)21-17-6-5-14(9-20-17)7-13-3-2-4-16(19)8-13/h2-6,8-9,12,15,23H,7,10-11H2,1H3,(H,20,21,24). The number of carbonyl (C=O) groups is 1. The van der Waals surface area contributed by atoms with Gasteiger partial charge < -0.3 is 10.0 Å². The Morgan fingerprint density at radius 1 is 1.38 bits per heavy atom. The number of nitrogens with zero attached hydrogens (tertiary/aromatic N) is 2. The van der Waals surface area contributed by atoms with Crippen molar-refractivity contribution < 1.29 is 9.90 Å². The van der Waals surface area contributed by atoms with E-state index in [2.05, 4.69) is 10.3 Å². The lowest BCUT2D eigenvalue weighted by atomic mass is 9.95. The van der Waals surface area contributed by atoms with E-state index < -0.39 is 0 Å². The number of aromatic nitrogens is 1.